The second kappa shape index (κ2) is 7.75. The van der Waals surface area contributed by atoms with E-state index in [1.807, 2.05) is 20.8 Å². The van der Waals surface area contributed by atoms with E-state index in [1.165, 1.54) is 0 Å². The first kappa shape index (κ1) is 17.9. The van der Waals surface area contributed by atoms with Crippen LogP contribution < -0.4 is 5.73 Å². The Bertz CT molecular complexity index is 360. The maximum atomic E-state index is 13.0. The van der Waals surface area contributed by atoms with Crippen molar-refractivity contribution in [1.29, 1.82) is 0 Å². The van der Waals surface area contributed by atoms with Crippen LogP contribution in [0.15, 0.2) is 0 Å². The summed E-state index contributed by atoms with van der Waals surface area (Å²) in [5.41, 5.74) is 5.27. The van der Waals surface area contributed by atoms with Gasteiger partial charge in [0, 0.05) is 13.1 Å². The minimum Gasteiger partial charge on any atom is -0.481 e. The van der Waals surface area contributed by atoms with Crippen LogP contribution in [-0.2, 0) is 14.3 Å². The third-order valence-electron chi connectivity index (χ3n) is 4.69. The van der Waals surface area contributed by atoms with E-state index >= 15 is 0 Å². The molecule has 21 heavy (non-hydrogen) atoms. The number of aliphatic carboxylic acids is 1. The van der Waals surface area contributed by atoms with E-state index < -0.39 is 17.3 Å². The van der Waals surface area contributed by atoms with Gasteiger partial charge < -0.3 is 20.5 Å². The molecule has 0 saturated carbocycles. The zero-order valence-corrected chi connectivity index (χ0v) is 13.3. The Kier molecular flexibility index (Phi) is 6.61. The summed E-state index contributed by atoms with van der Waals surface area (Å²) < 4.78 is 5.32. The number of nitrogens with zero attached hydrogens (tertiary/aromatic N) is 1. The van der Waals surface area contributed by atoms with Crippen LogP contribution in [0.5, 0.6) is 0 Å². The molecule has 0 aromatic rings. The number of amides is 1. The molecule has 0 spiro atoms. The fourth-order valence-electron chi connectivity index (χ4n) is 2.98. The van der Waals surface area contributed by atoms with Crippen molar-refractivity contribution in [2.45, 2.75) is 46.1 Å². The van der Waals surface area contributed by atoms with Gasteiger partial charge >= 0.3 is 5.97 Å². The fourth-order valence-corrected chi connectivity index (χ4v) is 2.98. The van der Waals surface area contributed by atoms with Crippen molar-refractivity contribution in [2.75, 3.05) is 26.3 Å². The van der Waals surface area contributed by atoms with Crippen LogP contribution in [0.25, 0.3) is 0 Å². The molecular weight excluding hydrogens is 272 g/mol. The highest BCUT2D eigenvalue weighted by molar-refractivity contribution is 5.84. The largest absolute Gasteiger partial charge is 0.481 e. The van der Waals surface area contributed by atoms with Crippen molar-refractivity contribution in [1.82, 2.24) is 4.90 Å². The summed E-state index contributed by atoms with van der Waals surface area (Å²) in [6.07, 6.45) is 2.09. The summed E-state index contributed by atoms with van der Waals surface area (Å²) >= 11 is 0. The molecule has 6 heteroatoms. The quantitative estimate of drug-likeness (QED) is 0.700. The standard InChI is InChI=1S/C15H28N2O4/c1-4-7-17(12-9-21-8-11(12)13(18)19)14(20)15(5-2,6-3)10-16/h11-12H,4-10,16H2,1-3H3,(H,18,19). The average molecular weight is 300 g/mol. The Hall–Kier alpha value is -1.14. The van der Waals surface area contributed by atoms with Gasteiger partial charge in [0.05, 0.1) is 24.7 Å². The molecule has 1 saturated heterocycles. The third kappa shape index (κ3) is 3.55. The van der Waals surface area contributed by atoms with E-state index in [0.717, 1.165) is 6.42 Å². The SMILES string of the molecule is CCCN(C(=O)C(CC)(CC)CN)C1COCC1C(=O)O. The van der Waals surface area contributed by atoms with Crippen LogP contribution in [0, 0.1) is 11.3 Å². The van der Waals surface area contributed by atoms with Crippen LogP contribution in [0.3, 0.4) is 0 Å². The monoisotopic (exact) mass is 300 g/mol. The highest BCUT2D eigenvalue weighted by atomic mass is 16.5. The average Bonchev–Trinajstić information content (AvgIpc) is 2.96. The van der Waals surface area contributed by atoms with Crippen LogP contribution >= 0.6 is 0 Å². The van der Waals surface area contributed by atoms with Crippen molar-refractivity contribution in [3.63, 3.8) is 0 Å². The normalized spacial score (nSPS) is 22.3. The Morgan fingerprint density at radius 3 is 2.33 bits per heavy atom. The van der Waals surface area contributed by atoms with Crippen LogP contribution in [0.4, 0.5) is 0 Å². The molecule has 1 amide bonds. The summed E-state index contributed by atoms with van der Waals surface area (Å²) in [5, 5.41) is 9.31. The Morgan fingerprint density at radius 1 is 1.29 bits per heavy atom. The van der Waals surface area contributed by atoms with Crippen LogP contribution in [0.1, 0.15) is 40.0 Å². The molecule has 0 aromatic carbocycles. The molecule has 122 valence electrons. The van der Waals surface area contributed by atoms with E-state index in [2.05, 4.69) is 0 Å². The molecule has 2 unspecified atom stereocenters. The van der Waals surface area contributed by atoms with Crippen molar-refractivity contribution >= 4 is 11.9 Å². The number of rotatable bonds is 8. The molecule has 1 aliphatic rings. The zero-order chi connectivity index (χ0) is 16.0. The second-order valence-electron chi connectivity index (χ2n) is 5.74. The third-order valence-corrected chi connectivity index (χ3v) is 4.69. The Balaban J connectivity index is 3.05. The lowest BCUT2D eigenvalue weighted by Gasteiger charge is -2.39. The van der Waals surface area contributed by atoms with Gasteiger partial charge in [0.1, 0.15) is 5.92 Å². The van der Waals surface area contributed by atoms with Gasteiger partial charge in [-0.25, -0.2) is 0 Å². The van der Waals surface area contributed by atoms with Gasteiger partial charge in [-0.05, 0) is 19.3 Å². The number of ether oxygens (including phenoxy) is 1. The fraction of sp³-hybridized carbons (Fsp3) is 0.867. The molecule has 3 N–H and O–H groups in total. The predicted molar refractivity (Wildman–Crippen MR) is 79.8 cm³/mol. The van der Waals surface area contributed by atoms with Crippen molar-refractivity contribution in [3.05, 3.63) is 0 Å². The summed E-state index contributed by atoms with van der Waals surface area (Å²) in [5.74, 6) is -1.58. The molecule has 1 fully saturated rings. The number of hydrogen-bond donors (Lipinski definition) is 2. The van der Waals surface area contributed by atoms with Gasteiger partial charge in [-0.1, -0.05) is 20.8 Å². The summed E-state index contributed by atoms with van der Waals surface area (Å²) in [6.45, 7) is 7.17. The minimum atomic E-state index is -0.905. The van der Waals surface area contributed by atoms with Crippen molar-refractivity contribution in [3.8, 4) is 0 Å². The molecule has 6 nitrogen and oxygen atoms in total. The first-order chi connectivity index (χ1) is 9.97. The second-order valence-corrected chi connectivity index (χ2v) is 5.74. The Labute approximate surface area is 126 Å². The number of carboxylic acids is 1. The summed E-state index contributed by atoms with van der Waals surface area (Å²) in [4.78, 5) is 26.1. The molecule has 1 rings (SSSR count). The lowest BCUT2D eigenvalue weighted by Crippen LogP contribution is -2.54. The van der Waals surface area contributed by atoms with Crippen molar-refractivity contribution < 1.29 is 19.4 Å². The minimum absolute atomic E-state index is 0.0291. The van der Waals surface area contributed by atoms with Gasteiger partial charge in [-0.3, -0.25) is 9.59 Å². The van der Waals surface area contributed by atoms with E-state index in [-0.39, 0.29) is 31.7 Å². The molecule has 0 aliphatic carbocycles. The van der Waals surface area contributed by atoms with Gasteiger partial charge in [-0.15, -0.1) is 0 Å². The molecule has 1 heterocycles. The maximum absolute atomic E-state index is 13.0. The molecule has 0 aromatic heterocycles. The lowest BCUT2D eigenvalue weighted by molar-refractivity contribution is -0.149. The highest BCUT2D eigenvalue weighted by Gasteiger charge is 2.44. The zero-order valence-electron chi connectivity index (χ0n) is 13.3. The van der Waals surface area contributed by atoms with Crippen LogP contribution in [0.2, 0.25) is 0 Å². The number of carboxylic acid groups (broad SMARTS) is 1. The Morgan fingerprint density at radius 2 is 1.90 bits per heavy atom. The van der Waals surface area contributed by atoms with E-state index in [9.17, 15) is 14.7 Å². The van der Waals surface area contributed by atoms with E-state index in [0.29, 0.717) is 19.4 Å². The molecule has 1 aliphatic heterocycles. The molecule has 0 radical (unpaired) electrons. The predicted octanol–water partition coefficient (Wildman–Crippen LogP) is 1.09. The smallest absolute Gasteiger partial charge is 0.311 e. The number of carbonyl (C=O) groups excluding carboxylic acids is 1. The van der Waals surface area contributed by atoms with Gasteiger partial charge in [0.15, 0.2) is 0 Å². The first-order valence-corrected chi connectivity index (χ1v) is 7.79. The summed E-state index contributed by atoms with van der Waals surface area (Å²) in [7, 11) is 0. The number of carbonyl (C=O) groups is 2. The first-order valence-electron chi connectivity index (χ1n) is 7.79. The number of hydrogen-bond acceptors (Lipinski definition) is 4. The van der Waals surface area contributed by atoms with Gasteiger partial charge in [0.25, 0.3) is 0 Å². The number of nitrogens with two attached hydrogens (primary N) is 1. The lowest BCUT2D eigenvalue weighted by atomic mass is 9.80. The summed E-state index contributed by atoms with van der Waals surface area (Å²) in [6, 6.07) is -0.390. The van der Waals surface area contributed by atoms with Crippen molar-refractivity contribution in [2.24, 2.45) is 17.1 Å². The molecular formula is C15H28N2O4. The van der Waals surface area contributed by atoms with E-state index in [4.69, 9.17) is 10.5 Å². The van der Waals surface area contributed by atoms with Gasteiger partial charge in [0.2, 0.25) is 5.91 Å². The maximum Gasteiger partial charge on any atom is 0.311 e. The van der Waals surface area contributed by atoms with Crippen LogP contribution in [-0.4, -0.2) is 54.2 Å². The highest BCUT2D eigenvalue weighted by Crippen LogP contribution is 2.31. The molecule has 0 bridgehead atoms. The van der Waals surface area contributed by atoms with Gasteiger partial charge in [-0.2, -0.15) is 0 Å². The topological polar surface area (TPSA) is 92.9 Å². The molecule has 2 atom stereocenters. The van der Waals surface area contributed by atoms with E-state index in [1.54, 1.807) is 4.90 Å².